The van der Waals surface area contributed by atoms with Gasteiger partial charge in [-0.2, -0.15) is 11.8 Å². The van der Waals surface area contributed by atoms with Gasteiger partial charge in [0.1, 0.15) is 0 Å². The second-order valence-corrected chi connectivity index (χ2v) is 8.60. The van der Waals surface area contributed by atoms with E-state index in [-0.39, 0.29) is 4.75 Å². The first-order valence-electron chi connectivity index (χ1n) is 7.44. The van der Waals surface area contributed by atoms with Gasteiger partial charge in [0.25, 0.3) is 0 Å². The number of hydrogen-bond acceptors (Lipinski definition) is 4. The third-order valence-corrected chi connectivity index (χ3v) is 7.96. The third-order valence-electron chi connectivity index (χ3n) is 4.78. The third kappa shape index (κ3) is 3.11. The SMILES string of the molecule is CSC1(C(N)=S)CCN(CC2CSc3ccccc32)CC1. The Kier molecular flexibility index (Phi) is 4.84. The highest BCUT2D eigenvalue weighted by Gasteiger charge is 2.37. The smallest absolute Gasteiger partial charge is 0.0891 e. The Labute approximate surface area is 141 Å². The van der Waals surface area contributed by atoms with Crippen molar-refractivity contribution in [1.82, 2.24) is 4.90 Å². The molecule has 0 aliphatic carbocycles. The first kappa shape index (κ1) is 15.7. The first-order valence-corrected chi connectivity index (χ1v) is 10.1. The van der Waals surface area contributed by atoms with Crippen molar-refractivity contribution in [1.29, 1.82) is 0 Å². The van der Waals surface area contributed by atoms with Gasteiger partial charge in [0.15, 0.2) is 0 Å². The van der Waals surface area contributed by atoms with Crippen LogP contribution in [-0.2, 0) is 0 Å². The molecular formula is C16H22N2S3. The normalized spacial score (nSPS) is 24.7. The van der Waals surface area contributed by atoms with Crippen molar-refractivity contribution in [3.8, 4) is 0 Å². The van der Waals surface area contributed by atoms with Crippen LogP contribution in [0.3, 0.4) is 0 Å². The number of piperidine rings is 1. The molecular weight excluding hydrogens is 316 g/mol. The predicted molar refractivity (Wildman–Crippen MR) is 98.6 cm³/mol. The monoisotopic (exact) mass is 338 g/mol. The lowest BCUT2D eigenvalue weighted by atomic mass is 9.93. The molecule has 0 saturated carbocycles. The van der Waals surface area contributed by atoms with Crippen molar-refractivity contribution in [2.45, 2.75) is 28.4 Å². The zero-order valence-electron chi connectivity index (χ0n) is 12.4. The fourth-order valence-corrected chi connectivity index (χ4v) is 5.83. The van der Waals surface area contributed by atoms with Crippen molar-refractivity contribution in [2.24, 2.45) is 5.73 Å². The summed E-state index contributed by atoms with van der Waals surface area (Å²) in [6, 6.07) is 8.86. The molecule has 1 unspecified atom stereocenters. The van der Waals surface area contributed by atoms with Crippen LogP contribution in [0.2, 0.25) is 0 Å². The zero-order chi connectivity index (χ0) is 14.9. The topological polar surface area (TPSA) is 29.3 Å². The van der Waals surface area contributed by atoms with Crippen LogP contribution in [0.5, 0.6) is 0 Å². The molecule has 0 spiro atoms. The van der Waals surface area contributed by atoms with Crippen LogP contribution in [-0.4, -0.2) is 46.3 Å². The molecule has 21 heavy (non-hydrogen) atoms. The minimum atomic E-state index is 0.0359. The van der Waals surface area contributed by atoms with Crippen molar-refractivity contribution < 1.29 is 0 Å². The molecule has 1 atom stereocenters. The lowest BCUT2D eigenvalue weighted by molar-refractivity contribution is 0.212. The standard InChI is InChI=1S/C16H22N2S3/c1-20-16(15(17)19)6-8-18(9-7-16)10-12-11-21-14-5-3-2-4-13(12)14/h2-5,12H,6-11H2,1H3,(H2,17,19). The van der Waals surface area contributed by atoms with Gasteiger partial charge >= 0.3 is 0 Å². The summed E-state index contributed by atoms with van der Waals surface area (Å²) >= 11 is 9.14. The van der Waals surface area contributed by atoms with Gasteiger partial charge in [-0.3, -0.25) is 0 Å². The molecule has 1 aromatic carbocycles. The summed E-state index contributed by atoms with van der Waals surface area (Å²) in [5.74, 6) is 1.90. The molecule has 2 N–H and O–H groups in total. The van der Waals surface area contributed by atoms with E-state index in [2.05, 4.69) is 35.4 Å². The van der Waals surface area contributed by atoms with Crippen LogP contribution in [0.4, 0.5) is 0 Å². The van der Waals surface area contributed by atoms with Crippen molar-refractivity contribution in [3.05, 3.63) is 29.8 Å². The van der Waals surface area contributed by atoms with Crippen LogP contribution in [0.15, 0.2) is 29.2 Å². The minimum absolute atomic E-state index is 0.0359. The molecule has 5 heteroatoms. The van der Waals surface area contributed by atoms with E-state index in [1.54, 1.807) is 5.56 Å². The van der Waals surface area contributed by atoms with E-state index < -0.39 is 0 Å². The Bertz CT molecular complexity index is 524. The van der Waals surface area contributed by atoms with E-state index in [0.717, 1.165) is 25.9 Å². The summed E-state index contributed by atoms with van der Waals surface area (Å²) in [5, 5.41) is 0. The molecule has 2 heterocycles. The zero-order valence-corrected chi connectivity index (χ0v) is 14.8. The average Bonchev–Trinajstić information content (AvgIpc) is 2.91. The molecule has 0 aromatic heterocycles. The number of fused-ring (bicyclic) bond motifs is 1. The van der Waals surface area contributed by atoms with Gasteiger partial charge < -0.3 is 10.6 Å². The quantitative estimate of drug-likeness (QED) is 0.850. The Morgan fingerprint density at radius 1 is 1.43 bits per heavy atom. The summed E-state index contributed by atoms with van der Waals surface area (Å²) in [6.45, 7) is 3.40. The van der Waals surface area contributed by atoms with Gasteiger partial charge in [0.05, 0.1) is 9.74 Å². The molecule has 1 fully saturated rings. The summed E-state index contributed by atoms with van der Waals surface area (Å²) in [4.78, 5) is 4.76. The number of nitrogens with two attached hydrogens (primary N) is 1. The lowest BCUT2D eigenvalue weighted by Gasteiger charge is -2.40. The Morgan fingerprint density at radius 2 is 2.14 bits per heavy atom. The average molecular weight is 339 g/mol. The number of benzene rings is 1. The van der Waals surface area contributed by atoms with Crippen LogP contribution in [0.1, 0.15) is 24.3 Å². The highest BCUT2D eigenvalue weighted by molar-refractivity contribution is 8.02. The number of nitrogens with zero attached hydrogens (tertiary/aromatic N) is 1. The molecule has 2 nitrogen and oxygen atoms in total. The van der Waals surface area contributed by atoms with Crippen LogP contribution in [0, 0.1) is 0 Å². The fourth-order valence-electron chi connectivity index (χ4n) is 3.34. The lowest BCUT2D eigenvalue weighted by Crippen LogP contribution is -2.49. The number of thiocarbonyl (C=S) groups is 1. The number of hydrogen-bond donors (Lipinski definition) is 1. The highest BCUT2D eigenvalue weighted by Crippen LogP contribution is 2.41. The number of rotatable bonds is 4. The Balaban J connectivity index is 1.61. The van der Waals surface area contributed by atoms with Crippen LogP contribution < -0.4 is 5.73 Å². The van der Waals surface area contributed by atoms with Gasteiger partial charge in [-0.1, -0.05) is 30.4 Å². The molecule has 0 radical (unpaired) electrons. The molecule has 1 aromatic rings. The van der Waals surface area contributed by atoms with Gasteiger partial charge in [-0.25, -0.2) is 0 Å². The van der Waals surface area contributed by atoms with E-state index in [0.29, 0.717) is 10.9 Å². The Hall–Kier alpha value is -0.230. The summed E-state index contributed by atoms with van der Waals surface area (Å²) in [6.07, 6.45) is 4.31. The van der Waals surface area contributed by atoms with Crippen molar-refractivity contribution in [3.63, 3.8) is 0 Å². The van der Waals surface area contributed by atoms with E-state index in [1.807, 2.05) is 23.5 Å². The summed E-state index contributed by atoms with van der Waals surface area (Å²) < 4.78 is 0.0359. The summed E-state index contributed by atoms with van der Waals surface area (Å²) in [5.41, 5.74) is 7.51. The van der Waals surface area contributed by atoms with Gasteiger partial charge in [-0.05, 0) is 43.8 Å². The second-order valence-electron chi connectivity index (χ2n) is 5.91. The fraction of sp³-hybridized carbons (Fsp3) is 0.562. The minimum Gasteiger partial charge on any atom is -0.392 e. The predicted octanol–water partition coefficient (Wildman–Crippen LogP) is 3.36. The largest absolute Gasteiger partial charge is 0.392 e. The van der Waals surface area contributed by atoms with Gasteiger partial charge in [0, 0.05) is 23.1 Å². The second kappa shape index (κ2) is 6.49. The van der Waals surface area contributed by atoms with Gasteiger partial charge in [-0.15, -0.1) is 11.8 Å². The number of thioether (sulfide) groups is 2. The molecule has 3 rings (SSSR count). The van der Waals surface area contributed by atoms with Crippen molar-refractivity contribution >= 4 is 40.7 Å². The number of likely N-dealkylation sites (tertiary alicyclic amines) is 1. The molecule has 2 aliphatic heterocycles. The molecule has 0 bridgehead atoms. The van der Waals surface area contributed by atoms with E-state index in [4.69, 9.17) is 18.0 Å². The van der Waals surface area contributed by atoms with Crippen LogP contribution in [0.25, 0.3) is 0 Å². The van der Waals surface area contributed by atoms with E-state index >= 15 is 0 Å². The van der Waals surface area contributed by atoms with Crippen LogP contribution >= 0.6 is 35.7 Å². The highest BCUT2D eigenvalue weighted by atomic mass is 32.2. The first-order chi connectivity index (χ1) is 10.1. The van der Waals surface area contributed by atoms with Gasteiger partial charge in [0.2, 0.25) is 0 Å². The van der Waals surface area contributed by atoms with E-state index in [1.165, 1.54) is 17.2 Å². The maximum Gasteiger partial charge on any atom is 0.0891 e. The Morgan fingerprint density at radius 3 is 2.81 bits per heavy atom. The molecule has 114 valence electrons. The van der Waals surface area contributed by atoms with E-state index in [9.17, 15) is 0 Å². The van der Waals surface area contributed by atoms with Crippen molar-refractivity contribution in [2.75, 3.05) is 31.6 Å². The molecule has 1 saturated heterocycles. The maximum atomic E-state index is 5.97. The molecule has 2 aliphatic rings. The summed E-state index contributed by atoms with van der Waals surface area (Å²) in [7, 11) is 0. The maximum absolute atomic E-state index is 5.97. The molecule has 0 amide bonds.